The van der Waals surface area contributed by atoms with Gasteiger partial charge in [0.25, 0.3) is 5.91 Å². The van der Waals surface area contributed by atoms with Crippen molar-refractivity contribution in [2.24, 2.45) is 11.8 Å². The molecule has 0 aliphatic carbocycles. The second-order valence-electron chi connectivity index (χ2n) is 6.07. The van der Waals surface area contributed by atoms with Crippen molar-refractivity contribution in [1.82, 2.24) is 4.90 Å². The van der Waals surface area contributed by atoms with Crippen LogP contribution >= 0.6 is 0 Å². The molecule has 1 heterocycles. The number of likely N-dealkylation sites (tertiary alicyclic amines) is 1. The molecule has 1 fully saturated rings. The first-order chi connectivity index (χ1) is 10.5. The first kappa shape index (κ1) is 16.5. The van der Waals surface area contributed by atoms with E-state index in [9.17, 15) is 4.79 Å². The quantitative estimate of drug-likeness (QED) is 0.858. The molecule has 1 amide bonds. The van der Waals surface area contributed by atoms with Crippen LogP contribution in [0.4, 0.5) is 0 Å². The van der Waals surface area contributed by atoms with E-state index in [2.05, 4.69) is 13.8 Å². The van der Waals surface area contributed by atoms with Gasteiger partial charge in [-0.2, -0.15) is 0 Å². The monoisotopic (exact) mass is 307 g/mol. The van der Waals surface area contributed by atoms with Gasteiger partial charge in [0.05, 0.1) is 21.3 Å². The van der Waals surface area contributed by atoms with Crippen molar-refractivity contribution in [2.75, 3.05) is 34.4 Å². The Balaban J connectivity index is 2.33. The summed E-state index contributed by atoms with van der Waals surface area (Å²) >= 11 is 0. The van der Waals surface area contributed by atoms with Gasteiger partial charge in [0.1, 0.15) is 0 Å². The third-order valence-corrected chi connectivity index (χ3v) is 4.07. The van der Waals surface area contributed by atoms with E-state index < -0.39 is 0 Å². The summed E-state index contributed by atoms with van der Waals surface area (Å²) in [6, 6.07) is 3.43. The number of piperidine rings is 1. The van der Waals surface area contributed by atoms with Crippen molar-refractivity contribution in [2.45, 2.75) is 20.3 Å². The third kappa shape index (κ3) is 3.29. The molecule has 122 valence electrons. The SMILES string of the molecule is COc1cc(C(=O)N2C[C@H](C)C[C@@H](C)C2)cc(OC)c1OC. The maximum absolute atomic E-state index is 12.8. The lowest BCUT2D eigenvalue weighted by Crippen LogP contribution is -2.42. The predicted octanol–water partition coefficient (Wildman–Crippen LogP) is 2.83. The van der Waals surface area contributed by atoms with Gasteiger partial charge >= 0.3 is 0 Å². The highest BCUT2D eigenvalue weighted by molar-refractivity contribution is 5.95. The molecule has 22 heavy (non-hydrogen) atoms. The zero-order chi connectivity index (χ0) is 16.3. The zero-order valence-corrected chi connectivity index (χ0v) is 14.0. The van der Waals surface area contributed by atoms with E-state index in [0.29, 0.717) is 34.6 Å². The minimum Gasteiger partial charge on any atom is -0.493 e. The summed E-state index contributed by atoms with van der Waals surface area (Å²) < 4.78 is 15.9. The summed E-state index contributed by atoms with van der Waals surface area (Å²) in [7, 11) is 4.66. The molecule has 5 heteroatoms. The van der Waals surface area contributed by atoms with E-state index in [1.165, 1.54) is 6.42 Å². The highest BCUT2D eigenvalue weighted by atomic mass is 16.5. The molecule has 1 aromatic rings. The number of rotatable bonds is 4. The fourth-order valence-corrected chi connectivity index (χ4v) is 3.22. The second-order valence-corrected chi connectivity index (χ2v) is 6.07. The van der Waals surface area contributed by atoms with E-state index in [4.69, 9.17) is 14.2 Å². The maximum atomic E-state index is 12.8. The zero-order valence-electron chi connectivity index (χ0n) is 14.0. The van der Waals surface area contributed by atoms with Gasteiger partial charge in [0.15, 0.2) is 11.5 Å². The number of carbonyl (C=O) groups is 1. The number of hydrogen-bond acceptors (Lipinski definition) is 4. The Morgan fingerprint density at radius 3 is 1.91 bits per heavy atom. The predicted molar refractivity (Wildman–Crippen MR) is 84.9 cm³/mol. The Kier molecular flexibility index (Phi) is 5.16. The molecule has 0 unspecified atom stereocenters. The smallest absolute Gasteiger partial charge is 0.254 e. The summed E-state index contributed by atoms with van der Waals surface area (Å²) in [6.45, 7) is 5.95. The molecular formula is C17H25NO4. The molecule has 0 radical (unpaired) electrons. The first-order valence-corrected chi connectivity index (χ1v) is 7.59. The van der Waals surface area contributed by atoms with Gasteiger partial charge in [-0.05, 0) is 30.4 Å². The number of benzene rings is 1. The molecular weight excluding hydrogens is 282 g/mol. The molecule has 1 aliphatic rings. The highest BCUT2D eigenvalue weighted by Crippen LogP contribution is 2.38. The average Bonchev–Trinajstić information content (AvgIpc) is 2.51. The van der Waals surface area contributed by atoms with E-state index in [-0.39, 0.29) is 5.91 Å². The molecule has 0 aromatic heterocycles. The number of nitrogens with zero attached hydrogens (tertiary/aromatic N) is 1. The highest BCUT2D eigenvalue weighted by Gasteiger charge is 2.27. The van der Waals surface area contributed by atoms with Gasteiger partial charge in [-0.3, -0.25) is 4.79 Å². The van der Waals surface area contributed by atoms with E-state index in [1.54, 1.807) is 33.5 Å². The average molecular weight is 307 g/mol. The Morgan fingerprint density at radius 1 is 1.00 bits per heavy atom. The Hall–Kier alpha value is -1.91. The first-order valence-electron chi connectivity index (χ1n) is 7.59. The van der Waals surface area contributed by atoms with Crippen molar-refractivity contribution in [3.63, 3.8) is 0 Å². The van der Waals surface area contributed by atoms with Gasteiger partial charge in [-0.25, -0.2) is 0 Å². The molecule has 0 saturated carbocycles. The summed E-state index contributed by atoms with van der Waals surface area (Å²) in [5, 5.41) is 0. The van der Waals surface area contributed by atoms with Crippen molar-refractivity contribution in [3.8, 4) is 17.2 Å². The van der Waals surface area contributed by atoms with Gasteiger partial charge in [0, 0.05) is 18.7 Å². The van der Waals surface area contributed by atoms with Crippen LogP contribution in [0.5, 0.6) is 17.2 Å². The topological polar surface area (TPSA) is 48.0 Å². The molecule has 2 rings (SSSR count). The van der Waals surface area contributed by atoms with Crippen LogP contribution in [0.25, 0.3) is 0 Å². The molecule has 2 atom stereocenters. The summed E-state index contributed by atoms with van der Waals surface area (Å²) in [5.74, 6) is 2.57. The number of hydrogen-bond donors (Lipinski definition) is 0. The molecule has 0 bridgehead atoms. The normalized spacial score (nSPS) is 21.4. The van der Waals surface area contributed by atoms with Crippen molar-refractivity contribution >= 4 is 5.91 Å². The largest absolute Gasteiger partial charge is 0.493 e. The minimum atomic E-state index is 0.0117. The molecule has 1 saturated heterocycles. The lowest BCUT2D eigenvalue weighted by atomic mass is 9.91. The number of methoxy groups -OCH3 is 3. The molecule has 1 aromatic carbocycles. The Bertz CT molecular complexity index is 508. The van der Waals surface area contributed by atoms with Crippen LogP contribution < -0.4 is 14.2 Å². The maximum Gasteiger partial charge on any atom is 0.254 e. The standard InChI is InChI=1S/C17H25NO4/c1-11-6-12(2)10-18(9-11)17(19)13-7-14(20-3)16(22-5)15(8-13)21-4/h7-8,11-12H,6,9-10H2,1-5H3/t11-,12-/m1/s1. The van der Waals surface area contributed by atoms with Crippen molar-refractivity contribution in [3.05, 3.63) is 17.7 Å². The minimum absolute atomic E-state index is 0.0117. The number of carbonyl (C=O) groups excluding carboxylic acids is 1. The lowest BCUT2D eigenvalue weighted by molar-refractivity contribution is 0.0622. The van der Waals surface area contributed by atoms with Gasteiger partial charge in [0.2, 0.25) is 5.75 Å². The van der Waals surface area contributed by atoms with Crippen LogP contribution in [0, 0.1) is 11.8 Å². The summed E-state index contributed by atoms with van der Waals surface area (Å²) in [6.07, 6.45) is 1.17. The molecule has 1 aliphatic heterocycles. The molecule has 5 nitrogen and oxygen atoms in total. The fourth-order valence-electron chi connectivity index (χ4n) is 3.22. The lowest BCUT2D eigenvalue weighted by Gasteiger charge is -2.35. The fraction of sp³-hybridized carbons (Fsp3) is 0.588. The summed E-state index contributed by atoms with van der Waals surface area (Å²) in [5.41, 5.74) is 0.566. The van der Waals surface area contributed by atoms with E-state index >= 15 is 0 Å². The van der Waals surface area contributed by atoms with Crippen LogP contribution in [0.1, 0.15) is 30.6 Å². The van der Waals surface area contributed by atoms with Crippen LogP contribution in [0.2, 0.25) is 0 Å². The second kappa shape index (κ2) is 6.90. The number of ether oxygens (including phenoxy) is 3. The molecule has 0 spiro atoms. The third-order valence-electron chi connectivity index (χ3n) is 4.07. The Morgan fingerprint density at radius 2 is 1.50 bits per heavy atom. The number of amides is 1. The van der Waals surface area contributed by atoms with Gasteiger partial charge < -0.3 is 19.1 Å². The summed E-state index contributed by atoms with van der Waals surface area (Å²) in [4.78, 5) is 14.7. The van der Waals surface area contributed by atoms with Crippen LogP contribution in [0.3, 0.4) is 0 Å². The van der Waals surface area contributed by atoms with Crippen LogP contribution in [0.15, 0.2) is 12.1 Å². The van der Waals surface area contributed by atoms with E-state index in [1.807, 2.05) is 4.90 Å². The van der Waals surface area contributed by atoms with Crippen LogP contribution in [-0.2, 0) is 0 Å². The molecule has 0 N–H and O–H groups in total. The van der Waals surface area contributed by atoms with Gasteiger partial charge in [-0.1, -0.05) is 13.8 Å². The van der Waals surface area contributed by atoms with Gasteiger partial charge in [-0.15, -0.1) is 0 Å². The Labute approximate surface area is 132 Å². The van der Waals surface area contributed by atoms with Crippen molar-refractivity contribution in [1.29, 1.82) is 0 Å². The van der Waals surface area contributed by atoms with E-state index in [0.717, 1.165) is 13.1 Å². The van der Waals surface area contributed by atoms with Crippen LogP contribution in [-0.4, -0.2) is 45.2 Å². The van der Waals surface area contributed by atoms with Crippen molar-refractivity contribution < 1.29 is 19.0 Å².